The number of hydrogen-bond donors (Lipinski definition) is 2. The van der Waals surface area contributed by atoms with Gasteiger partial charge in [0.15, 0.2) is 0 Å². The first-order valence-corrected chi connectivity index (χ1v) is 9.00. The quantitative estimate of drug-likeness (QED) is 0.707. The van der Waals surface area contributed by atoms with Gasteiger partial charge in [0, 0.05) is 11.6 Å². The summed E-state index contributed by atoms with van der Waals surface area (Å²) >= 11 is 0. The number of carbonyl (C=O) groups excluding carboxylic acids is 1. The number of rotatable bonds is 5. The monoisotopic (exact) mass is 396 g/mol. The van der Waals surface area contributed by atoms with Crippen molar-refractivity contribution in [2.45, 2.75) is 44.4 Å². The largest absolute Gasteiger partial charge is 0.373 e. The third-order valence-electron chi connectivity index (χ3n) is 4.74. The number of carbonyl (C=O) groups is 1. The molecule has 2 aromatic carbocycles. The zero-order valence-corrected chi connectivity index (χ0v) is 15.0. The van der Waals surface area contributed by atoms with Gasteiger partial charge in [0.2, 0.25) is 0 Å². The van der Waals surface area contributed by atoms with E-state index in [9.17, 15) is 22.4 Å². The standard InChI is InChI=1S/C20H20F4N2O2/c21-15-3-1-4-16(22)14(15)11-28-13-9-7-12(8-10-13)25-20(27)26-19-17(23)5-2-6-18(19)24/h1-6,12-13H,7-11H2,(H2,25,26,27). The number of halogens is 4. The van der Waals surface area contributed by atoms with E-state index in [2.05, 4.69) is 10.6 Å². The second-order valence-corrected chi connectivity index (χ2v) is 6.68. The summed E-state index contributed by atoms with van der Waals surface area (Å²) in [6.07, 6.45) is 2.17. The van der Waals surface area contributed by atoms with Gasteiger partial charge in [0.1, 0.15) is 29.0 Å². The summed E-state index contributed by atoms with van der Waals surface area (Å²) in [4.78, 5) is 12.0. The molecule has 0 radical (unpaired) electrons. The minimum absolute atomic E-state index is 0.103. The average molecular weight is 396 g/mol. The van der Waals surface area contributed by atoms with Crippen LogP contribution in [-0.2, 0) is 11.3 Å². The van der Waals surface area contributed by atoms with Crippen molar-refractivity contribution in [2.24, 2.45) is 0 Å². The highest BCUT2D eigenvalue weighted by Crippen LogP contribution is 2.24. The highest BCUT2D eigenvalue weighted by Gasteiger charge is 2.24. The van der Waals surface area contributed by atoms with E-state index in [1.54, 1.807) is 0 Å². The molecule has 3 rings (SSSR count). The summed E-state index contributed by atoms with van der Waals surface area (Å²) in [7, 11) is 0. The summed E-state index contributed by atoms with van der Waals surface area (Å²) in [5, 5.41) is 4.86. The Labute approximate surface area is 159 Å². The van der Waals surface area contributed by atoms with Crippen molar-refractivity contribution in [1.29, 1.82) is 0 Å². The van der Waals surface area contributed by atoms with Crippen LogP contribution in [0.4, 0.5) is 28.0 Å². The maximum atomic E-state index is 13.6. The predicted molar refractivity (Wildman–Crippen MR) is 95.7 cm³/mol. The molecular weight excluding hydrogens is 376 g/mol. The van der Waals surface area contributed by atoms with E-state index >= 15 is 0 Å². The molecule has 0 unspecified atom stereocenters. The molecule has 0 aliphatic heterocycles. The van der Waals surface area contributed by atoms with Crippen LogP contribution in [0.1, 0.15) is 31.2 Å². The Kier molecular flexibility index (Phi) is 6.51. The van der Waals surface area contributed by atoms with E-state index in [1.807, 2.05) is 0 Å². The van der Waals surface area contributed by atoms with Crippen molar-refractivity contribution in [3.63, 3.8) is 0 Å². The van der Waals surface area contributed by atoms with Crippen molar-refractivity contribution in [2.75, 3.05) is 5.32 Å². The molecule has 1 aliphatic rings. The van der Waals surface area contributed by atoms with Crippen LogP contribution in [0.25, 0.3) is 0 Å². The van der Waals surface area contributed by atoms with Crippen LogP contribution in [-0.4, -0.2) is 18.2 Å². The highest BCUT2D eigenvalue weighted by atomic mass is 19.1. The number of nitrogens with one attached hydrogen (secondary N) is 2. The number of anilines is 1. The fraction of sp³-hybridized carbons (Fsp3) is 0.350. The third kappa shape index (κ3) is 5.01. The second-order valence-electron chi connectivity index (χ2n) is 6.68. The fourth-order valence-electron chi connectivity index (χ4n) is 3.20. The summed E-state index contributed by atoms with van der Waals surface area (Å²) in [5.41, 5.74) is -0.599. The number of amides is 2. The summed E-state index contributed by atoms with van der Waals surface area (Å²) in [5.74, 6) is -3.00. The number of urea groups is 1. The Balaban J connectivity index is 1.44. The maximum Gasteiger partial charge on any atom is 0.319 e. The SMILES string of the molecule is O=C(Nc1c(F)cccc1F)NC1CCC(OCc2c(F)cccc2F)CC1. The molecule has 8 heteroatoms. The Morgan fingerprint density at radius 2 is 1.43 bits per heavy atom. The van der Waals surface area contributed by atoms with Crippen molar-refractivity contribution in [1.82, 2.24) is 5.32 Å². The van der Waals surface area contributed by atoms with Gasteiger partial charge in [-0.05, 0) is 49.9 Å². The zero-order valence-electron chi connectivity index (χ0n) is 15.0. The molecule has 2 aromatic rings. The van der Waals surface area contributed by atoms with Crippen LogP contribution in [0.5, 0.6) is 0 Å². The van der Waals surface area contributed by atoms with E-state index in [0.717, 1.165) is 12.1 Å². The molecule has 0 saturated heterocycles. The fourth-order valence-corrected chi connectivity index (χ4v) is 3.20. The molecule has 4 nitrogen and oxygen atoms in total. The van der Waals surface area contributed by atoms with Crippen molar-refractivity contribution >= 4 is 11.7 Å². The predicted octanol–water partition coefficient (Wildman–Crippen LogP) is 4.89. The van der Waals surface area contributed by atoms with Gasteiger partial charge < -0.3 is 15.4 Å². The van der Waals surface area contributed by atoms with E-state index < -0.39 is 35.0 Å². The first-order chi connectivity index (χ1) is 13.4. The molecule has 0 spiro atoms. The molecule has 1 fully saturated rings. The minimum Gasteiger partial charge on any atom is -0.373 e. The van der Waals surface area contributed by atoms with Gasteiger partial charge in [-0.25, -0.2) is 22.4 Å². The smallest absolute Gasteiger partial charge is 0.319 e. The van der Waals surface area contributed by atoms with Crippen molar-refractivity contribution < 1.29 is 27.1 Å². The number of hydrogen-bond acceptors (Lipinski definition) is 2. The van der Waals surface area contributed by atoms with Gasteiger partial charge >= 0.3 is 6.03 Å². The second kappa shape index (κ2) is 9.05. The van der Waals surface area contributed by atoms with Crippen LogP contribution in [0, 0.1) is 23.3 Å². The lowest BCUT2D eigenvalue weighted by Gasteiger charge is -2.29. The van der Waals surface area contributed by atoms with Crippen molar-refractivity contribution in [3.8, 4) is 0 Å². The van der Waals surface area contributed by atoms with Gasteiger partial charge in [-0.15, -0.1) is 0 Å². The van der Waals surface area contributed by atoms with Gasteiger partial charge in [-0.3, -0.25) is 0 Å². The Morgan fingerprint density at radius 3 is 2.00 bits per heavy atom. The number of benzene rings is 2. The molecule has 1 aliphatic carbocycles. The lowest BCUT2D eigenvalue weighted by Crippen LogP contribution is -2.41. The minimum atomic E-state index is -0.854. The Hall–Kier alpha value is -2.61. The maximum absolute atomic E-state index is 13.6. The zero-order chi connectivity index (χ0) is 20.1. The van der Waals surface area contributed by atoms with Crippen LogP contribution >= 0.6 is 0 Å². The van der Waals surface area contributed by atoms with Gasteiger partial charge in [0.25, 0.3) is 0 Å². The van der Waals surface area contributed by atoms with Gasteiger partial charge in [-0.2, -0.15) is 0 Å². The Morgan fingerprint density at radius 1 is 0.893 bits per heavy atom. The molecule has 150 valence electrons. The molecular formula is C20H20F4N2O2. The normalized spacial score (nSPS) is 19.3. The summed E-state index contributed by atoms with van der Waals surface area (Å²) in [6.45, 7) is -0.158. The molecule has 28 heavy (non-hydrogen) atoms. The van der Waals surface area contributed by atoms with E-state index in [-0.39, 0.29) is 24.3 Å². The molecule has 0 bridgehead atoms. The molecule has 2 N–H and O–H groups in total. The number of ether oxygens (including phenoxy) is 1. The van der Waals surface area contributed by atoms with E-state index in [1.165, 1.54) is 24.3 Å². The lowest BCUT2D eigenvalue weighted by molar-refractivity contribution is 0.00964. The topological polar surface area (TPSA) is 50.4 Å². The van der Waals surface area contributed by atoms with E-state index in [4.69, 9.17) is 4.74 Å². The number of para-hydroxylation sites is 1. The average Bonchev–Trinajstić information content (AvgIpc) is 2.66. The highest BCUT2D eigenvalue weighted by molar-refractivity contribution is 5.89. The lowest BCUT2D eigenvalue weighted by atomic mass is 9.93. The van der Waals surface area contributed by atoms with Crippen LogP contribution in [0.3, 0.4) is 0 Å². The molecule has 1 saturated carbocycles. The van der Waals surface area contributed by atoms with Crippen LogP contribution in [0.2, 0.25) is 0 Å². The molecule has 2 amide bonds. The summed E-state index contributed by atoms with van der Waals surface area (Å²) < 4.78 is 60.0. The van der Waals surface area contributed by atoms with Crippen LogP contribution in [0.15, 0.2) is 36.4 Å². The first-order valence-electron chi connectivity index (χ1n) is 9.00. The van der Waals surface area contributed by atoms with Gasteiger partial charge in [0.05, 0.1) is 12.7 Å². The Bertz CT molecular complexity index is 798. The first kappa shape index (κ1) is 20.1. The molecule has 0 atom stereocenters. The van der Waals surface area contributed by atoms with E-state index in [0.29, 0.717) is 25.7 Å². The van der Waals surface area contributed by atoms with Crippen molar-refractivity contribution in [3.05, 3.63) is 65.2 Å². The summed E-state index contributed by atoms with van der Waals surface area (Å²) in [6, 6.07) is 6.10. The molecule has 0 aromatic heterocycles. The molecule has 0 heterocycles. The van der Waals surface area contributed by atoms with Gasteiger partial charge in [-0.1, -0.05) is 12.1 Å². The third-order valence-corrected chi connectivity index (χ3v) is 4.74. The van der Waals surface area contributed by atoms with Crippen LogP contribution < -0.4 is 10.6 Å².